The van der Waals surface area contributed by atoms with Crippen LogP contribution in [0.4, 0.5) is 0 Å². The first-order chi connectivity index (χ1) is 8.03. The van der Waals surface area contributed by atoms with Crippen molar-refractivity contribution >= 4 is 0 Å². The molecular formula is C13H28N2O2. The molecule has 4 heteroatoms. The second kappa shape index (κ2) is 7.31. The lowest BCUT2D eigenvalue weighted by atomic mass is 9.89. The van der Waals surface area contributed by atoms with E-state index in [1.54, 1.807) is 7.11 Å². The van der Waals surface area contributed by atoms with Crippen LogP contribution in [0.2, 0.25) is 0 Å². The molecule has 0 aliphatic carbocycles. The topological polar surface area (TPSA) is 33.7 Å². The van der Waals surface area contributed by atoms with Crippen molar-refractivity contribution in [2.75, 3.05) is 53.6 Å². The molecule has 0 bridgehead atoms. The van der Waals surface area contributed by atoms with E-state index in [-0.39, 0.29) is 5.41 Å². The fraction of sp³-hybridized carbons (Fsp3) is 1.00. The number of morpholine rings is 1. The van der Waals surface area contributed by atoms with Gasteiger partial charge in [0.25, 0.3) is 0 Å². The Balaban J connectivity index is 2.13. The Hall–Kier alpha value is -0.160. The van der Waals surface area contributed by atoms with E-state index in [0.29, 0.717) is 6.10 Å². The Labute approximate surface area is 106 Å². The molecule has 0 saturated carbocycles. The smallest absolute Gasteiger partial charge is 0.0826 e. The summed E-state index contributed by atoms with van der Waals surface area (Å²) in [5.41, 5.74) is 0.288. The Morgan fingerprint density at radius 3 is 2.88 bits per heavy atom. The molecule has 1 aliphatic heterocycles. The van der Waals surface area contributed by atoms with E-state index in [0.717, 1.165) is 45.8 Å². The third-order valence-corrected chi connectivity index (χ3v) is 3.30. The van der Waals surface area contributed by atoms with E-state index >= 15 is 0 Å². The van der Waals surface area contributed by atoms with Crippen LogP contribution in [0.15, 0.2) is 0 Å². The zero-order valence-corrected chi connectivity index (χ0v) is 11.8. The summed E-state index contributed by atoms with van der Waals surface area (Å²) in [4.78, 5) is 2.33. The van der Waals surface area contributed by atoms with Crippen molar-refractivity contribution in [2.45, 2.75) is 26.4 Å². The van der Waals surface area contributed by atoms with Gasteiger partial charge in [0.2, 0.25) is 0 Å². The first kappa shape index (κ1) is 14.9. The van der Waals surface area contributed by atoms with Gasteiger partial charge in [0, 0.05) is 39.9 Å². The Bertz CT molecular complexity index is 210. The third-order valence-electron chi connectivity index (χ3n) is 3.30. The van der Waals surface area contributed by atoms with Crippen molar-refractivity contribution in [3.8, 4) is 0 Å². The molecule has 102 valence electrons. The molecule has 0 radical (unpaired) electrons. The van der Waals surface area contributed by atoms with E-state index in [1.165, 1.54) is 0 Å². The van der Waals surface area contributed by atoms with Crippen LogP contribution >= 0.6 is 0 Å². The van der Waals surface area contributed by atoms with Gasteiger partial charge in [-0.25, -0.2) is 0 Å². The number of nitrogens with zero attached hydrogens (tertiary/aromatic N) is 1. The fourth-order valence-electron chi connectivity index (χ4n) is 2.03. The molecule has 1 aliphatic rings. The van der Waals surface area contributed by atoms with Gasteiger partial charge in [0.15, 0.2) is 0 Å². The van der Waals surface area contributed by atoms with Crippen molar-refractivity contribution in [3.05, 3.63) is 0 Å². The normalized spacial score (nSPS) is 22.9. The largest absolute Gasteiger partial charge is 0.385 e. The zero-order chi connectivity index (χ0) is 12.7. The highest BCUT2D eigenvalue weighted by atomic mass is 16.5. The molecule has 0 spiro atoms. The van der Waals surface area contributed by atoms with Gasteiger partial charge in [-0.3, -0.25) is 0 Å². The summed E-state index contributed by atoms with van der Waals surface area (Å²) >= 11 is 0. The maximum absolute atomic E-state index is 5.72. The van der Waals surface area contributed by atoms with Gasteiger partial charge in [0.05, 0.1) is 12.7 Å². The van der Waals surface area contributed by atoms with Crippen LogP contribution in [-0.2, 0) is 9.47 Å². The summed E-state index contributed by atoms with van der Waals surface area (Å²) in [7, 11) is 3.91. The number of nitrogens with one attached hydrogen (secondary N) is 1. The maximum atomic E-state index is 5.72. The standard InChI is InChI=1S/C13H28N2O2/c1-13(2,5-7-16-4)11-14-9-12-10-15(3)6-8-17-12/h12,14H,5-11H2,1-4H3. The highest BCUT2D eigenvalue weighted by Crippen LogP contribution is 2.18. The molecule has 0 aromatic heterocycles. The Morgan fingerprint density at radius 1 is 1.47 bits per heavy atom. The highest BCUT2D eigenvalue weighted by Gasteiger charge is 2.20. The van der Waals surface area contributed by atoms with Crippen LogP contribution in [0.1, 0.15) is 20.3 Å². The lowest BCUT2D eigenvalue weighted by molar-refractivity contribution is -0.0190. The van der Waals surface area contributed by atoms with Gasteiger partial charge >= 0.3 is 0 Å². The summed E-state index contributed by atoms with van der Waals surface area (Å²) in [6, 6.07) is 0. The monoisotopic (exact) mass is 244 g/mol. The van der Waals surface area contributed by atoms with E-state index in [1.807, 2.05) is 0 Å². The maximum Gasteiger partial charge on any atom is 0.0826 e. The van der Waals surface area contributed by atoms with Crippen molar-refractivity contribution in [3.63, 3.8) is 0 Å². The van der Waals surface area contributed by atoms with Crippen LogP contribution in [-0.4, -0.2) is 64.6 Å². The molecule has 1 rings (SSSR count). The lowest BCUT2D eigenvalue weighted by Crippen LogP contribution is -2.46. The second-order valence-electron chi connectivity index (χ2n) is 5.79. The molecule has 17 heavy (non-hydrogen) atoms. The van der Waals surface area contributed by atoms with Gasteiger partial charge in [-0.15, -0.1) is 0 Å². The zero-order valence-electron chi connectivity index (χ0n) is 11.8. The Morgan fingerprint density at radius 2 is 2.24 bits per heavy atom. The third kappa shape index (κ3) is 6.36. The van der Waals surface area contributed by atoms with Gasteiger partial charge in [-0.05, 0) is 18.9 Å². The number of ether oxygens (including phenoxy) is 2. The molecule has 0 aromatic carbocycles. The van der Waals surface area contributed by atoms with Crippen LogP contribution in [0.25, 0.3) is 0 Å². The first-order valence-electron chi connectivity index (χ1n) is 6.53. The molecule has 1 unspecified atom stereocenters. The molecular weight excluding hydrogens is 216 g/mol. The summed E-state index contributed by atoms with van der Waals surface area (Å²) in [5, 5.41) is 3.52. The fourth-order valence-corrected chi connectivity index (χ4v) is 2.03. The van der Waals surface area contributed by atoms with E-state index in [2.05, 4.69) is 31.1 Å². The van der Waals surface area contributed by atoms with Crippen LogP contribution in [0.3, 0.4) is 0 Å². The minimum atomic E-state index is 0.288. The molecule has 1 heterocycles. The predicted octanol–water partition coefficient (Wildman–Crippen LogP) is 0.969. The average Bonchev–Trinajstić information content (AvgIpc) is 2.26. The highest BCUT2D eigenvalue weighted by molar-refractivity contribution is 4.75. The van der Waals surface area contributed by atoms with Crippen molar-refractivity contribution in [1.29, 1.82) is 0 Å². The average molecular weight is 244 g/mol. The number of likely N-dealkylation sites (N-methyl/N-ethyl adjacent to an activating group) is 1. The summed E-state index contributed by atoms with van der Waals surface area (Å²) in [5.74, 6) is 0. The van der Waals surface area contributed by atoms with E-state index in [4.69, 9.17) is 9.47 Å². The van der Waals surface area contributed by atoms with Crippen LogP contribution in [0.5, 0.6) is 0 Å². The van der Waals surface area contributed by atoms with Crippen molar-refractivity contribution in [1.82, 2.24) is 10.2 Å². The lowest BCUT2D eigenvalue weighted by Gasteiger charge is -2.31. The van der Waals surface area contributed by atoms with Crippen molar-refractivity contribution < 1.29 is 9.47 Å². The summed E-state index contributed by atoms with van der Waals surface area (Å²) in [6.45, 7) is 10.3. The van der Waals surface area contributed by atoms with Gasteiger partial charge in [-0.2, -0.15) is 0 Å². The van der Waals surface area contributed by atoms with Crippen LogP contribution in [0, 0.1) is 5.41 Å². The van der Waals surface area contributed by atoms with Gasteiger partial charge in [0.1, 0.15) is 0 Å². The molecule has 0 amide bonds. The number of methoxy groups -OCH3 is 1. The quantitative estimate of drug-likeness (QED) is 0.723. The minimum absolute atomic E-state index is 0.288. The minimum Gasteiger partial charge on any atom is -0.385 e. The molecule has 1 fully saturated rings. The van der Waals surface area contributed by atoms with Gasteiger partial charge < -0.3 is 19.7 Å². The first-order valence-corrected chi connectivity index (χ1v) is 6.53. The number of rotatable bonds is 7. The van der Waals surface area contributed by atoms with Crippen molar-refractivity contribution in [2.24, 2.45) is 5.41 Å². The summed E-state index contributed by atoms with van der Waals surface area (Å²) in [6.07, 6.45) is 1.43. The van der Waals surface area contributed by atoms with E-state index < -0.39 is 0 Å². The van der Waals surface area contributed by atoms with Crippen LogP contribution < -0.4 is 5.32 Å². The molecule has 1 atom stereocenters. The number of hydrogen-bond acceptors (Lipinski definition) is 4. The van der Waals surface area contributed by atoms with E-state index in [9.17, 15) is 0 Å². The predicted molar refractivity (Wildman–Crippen MR) is 70.4 cm³/mol. The SMILES string of the molecule is COCCC(C)(C)CNCC1CN(C)CCO1. The Kier molecular flexibility index (Phi) is 6.41. The molecule has 1 N–H and O–H groups in total. The molecule has 0 aromatic rings. The molecule has 4 nitrogen and oxygen atoms in total. The molecule has 1 saturated heterocycles. The summed E-state index contributed by atoms with van der Waals surface area (Å²) < 4.78 is 10.8. The van der Waals surface area contributed by atoms with Gasteiger partial charge in [-0.1, -0.05) is 13.8 Å². The number of hydrogen-bond donors (Lipinski definition) is 1. The second-order valence-corrected chi connectivity index (χ2v) is 5.79.